The smallest absolute Gasteiger partial charge is 0.320 e. The van der Waals surface area contributed by atoms with Crippen molar-refractivity contribution in [1.29, 1.82) is 0 Å². The highest BCUT2D eigenvalue weighted by Crippen LogP contribution is 2.40. The van der Waals surface area contributed by atoms with Gasteiger partial charge >= 0.3 is 6.03 Å². The number of benzene rings is 2. The number of amides is 2. The molecule has 0 saturated carbocycles. The summed E-state index contributed by atoms with van der Waals surface area (Å²) < 4.78 is 2.19. The van der Waals surface area contributed by atoms with Crippen molar-refractivity contribution in [3.05, 3.63) is 78.2 Å². The van der Waals surface area contributed by atoms with Gasteiger partial charge in [0.15, 0.2) is 0 Å². The molecule has 1 aliphatic heterocycles. The number of nitrogens with two attached hydrogens (primary N) is 1. The lowest BCUT2D eigenvalue weighted by Gasteiger charge is -2.41. The van der Waals surface area contributed by atoms with E-state index in [-0.39, 0.29) is 17.5 Å². The first kappa shape index (κ1) is 25.9. The Hall–Kier alpha value is -3.16. The third-order valence-corrected chi connectivity index (χ3v) is 6.73. The molecule has 2 atom stereocenters. The Morgan fingerprint density at radius 2 is 1.81 bits per heavy atom. The Kier molecular flexibility index (Phi) is 8.11. The number of carbonyl (C=O) groups is 1. The number of aromatic nitrogens is 2. The monoisotopic (exact) mass is 489 g/mol. The van der Waals surface area contributed by atoms with Gasteiger partial charge in [0.05, 0.1) is 17.8 Å². The van der Waals surface area contributed by atoms with Crippen molar-refractivity contribution < 1.29 is 9.90 Å². The fourth-order valence-corrected chi connectivity index (χ4v) is 4.99. The second-order valence-corrected chi connectivity index (χ2v) is 10.7. The van der Waals surface area contributed by atoms with Crippen LogP contribution in [0, 0.1) is 5.41 Å². The van der Waals surface area contributed by atoms with Crippen LogP contribution in [-0.4, -0.2) is 62.8 Å². The van der Waals surface area contributed by atoms with Gasteiger partial charge in [0.2, 0.25) is 0 Å². The van der Waals surface area contributed by atoms with E-state index in [0.29, 0.717) is 45.6 Å². The summed E-state index contributed by atoms with van der Waals surface area (Å²) in [6.07, 6.45) is 2.93. The highest BCUT2D eigenvalue weighted by atomic mass is 16.3. The van der Waals surface area contributed by atoms with Crippen molar-refractivity contribution >= 4 is 6.03 Å². The summed E-state index contributed by atoms with van der Waals surface area (Å²) >= 11 is 0. The molecule has 3 N–H and O–H groups in total. The van der Waals surface area contributed by atoms with E-state index in [1.54, 1.807) is 4.90 Å². The summed E-state index contributed by atoms with van der Waals surface area (Å²) in [5, 5.41) is 10.1. The molecule has 7 nitrogen and oxygen atoms in total. The van der Waals surface area contributed by atoms with Gasteiger partial charge in [-0.15, -0.1) is 0 Å². The van der Waals surface area contributed by atoms with E-state index in [4.69, 9.17) is 10.7 Å². The lowest BCUT2D eigenvalue weighted by atomic mass is 9.84. The van der Waals surface area contributed by atoms with E-state index in [0.717, 1.165) is 17.1 Å². The van der Waals surface area contributed by atoms with E-state index in [2.05, 4.69) is 55.8 Å². The van der Waals surface area contributed by atoms with E-state index < -0.39 is 6.10 Å². The summed E-state index contributed by atoms with van der Waals surface area (Å²) in [4.78, 5) is 22.7. The highest BCUT2D eigenvalue weighted by molar-refractivity contribution is 5.75. The predicted octanol–water partition coefficient (Wildman–Crippen LogP) is 4.52. The number of hydrogen-bond donors (Lipinski definition) is 2. The van der Waals surface area contributed by atoms with Gasteiger partial charge in [0, 0.05) is 37.9 Å². The van der Waals surface area contributed by atoms with Crippen LogP contribution in [0.1, 0.15) is 51.0 Å². The van der Waals surface area contributed by atoms with Gasteiger partial charge in [-0.05, 0) is 30.4 Å². The quantitative estimate of drug-likeness (QED) is 0.487. The second kappa shape index (κ2) is 11.3. The number of aliphatic hydroxyl groups is 1. The standard InChI is InChI=1S/C29H39N5O2/c1-29(2,3)26(34(17-10-16-30)28(36)32-18-15-24(35)20-32)27-31-25(23-13-8-5-9-14-23)21-33(27)19-22-11-6-4-7-12-22/h4-9,11-14,21,24,26,35H,10,15-20,30H2,1-3H3/t24-,26+/m1/s1. The first-order valence-corrected chi connectivity index (χ1v) is 12.9. The second-order valence-electron chi connectivity index (χ2n) is 10.7. The number of urea groups is 1. The predicted molar refractivity (Wildman–Crippen MR) is 143 cm³/mol. The molecular formula is C29H39N5O2. The first-order chi connectivity index (χ1) is 17.3. The zero-order chi connectivity index (χ0) is 25.7. The molecule has 1 fully saturated rings. The maximum Gasteiger partial charge on any atom is 0.320 e. The van der Waals surface area contributed by atoms with E-state index in [9.17, 15) is 9.90 Å². The zero-order valence-electron chi connectivity index (χ0n) is 21.7. The number of imidazole rings is 1. The molecule has 4 rings (SSSR count). The molecule has 7 heteroatoms. The molecule has 2 heterocycles. The number of rotatable bonds is 8. The summed E-state index contributed by atoms with van der Waals surface area (Å²) in [5.74, 6) is 0.857. The van der Waals surface area contributed by atoms with E-state index in [1.807, 2.05) is 41.3 Å². The van der Waals surface area contributed by atoms with Crippen LogP contribution in [0.25, 0.3) is 11.3 Å². The topological polar surface area (TPSA) is 87.6 Å². The van der Waals surface area contributed by atoms with Gasteiger partial charge in [-0.3, -0.25) is 0 Å². The van der Waals surface area contributed by atoms with Gasteiger partial charge in [-0.1, -0.05) is 81.4 Å². The molecule has 1 saturated heterocycles. The van der Waals surface area contributed by atoms with Crippen molar-refractivity contribution in [1.82, 2.24) is 19.4 Å². The van der Waals surface area contributed by atoms with Crippen molar-refractivity contribution in [2.45, 2.75) is 52.3 Å². The minimum absolute atomic E-state index is 0.0598. The van der Waals surface area contributed by atoms with Crippen LogP contribution in [-0.2, 0) is 6.54 Å². The Morgan fingerprint density at radius 3 is 2.39 bits per heavy atom. The Morgan fingerprint density at radius 1 is 1.14 bits per heavy atom. The zero-order valence-corrected chi connectivity index (χ0v) is 21.7. The van der Waals surface area contributed by atoms with Crippen molar-refractivity contribution in [2.75, 3.05) is 26.2 Å². The molecule has 1 aliphatic rings. The molecular weight excluding hydrogens is 450 g/mol. The summed E-state index contributed by atoms with van der Waals surface area (Å²) in [6, 6.07) is 20.1. The van der Waals surface area contributed by atoms with Crippen LogP contribution < -0.4 is 5.73 Å². The molecule has 0 spiro atoms. The van der Waals surface area contributed by atoms with Crippen LogP contribution in [0.2, 0.25) is 0 Å². The number of β-amino-alcohol motifs (C(OH)–C–C–N with tert-alkyl or cyclic N) is 1. The minimum atomic E-state index is -0.469. The van der Waals surface area contributed by atoms with Crippen molar-refractivity contribution in [2.24, 2.45) is 11.1 Å². The number of aliphatic hydroxyl groups excluding tert-OH is 1. The molecule has 3 aromatic rings. The normalized spacial score (nSPS) is 16.8. The number of hydrogen-bond acceptors (Lipinski definition) is 4. The van der Waals surface area contributed by atoms with Crippen LogP contribution in [0.4, 0.5) is 4.79 Å². The fourth-order valence-electron chi connectivity index (χ4n) is 4.99. The average Bonchev–Trinajstić information content (AvgIpc) is 3.48. The molecule has 0 radical (unpaired) electrons. The lowest BCUT2D eigenvalue weighted by Crippen LogP contribution is -2.49. The largest absolute Gasteiger partial charge is 0.391 e. The molecule has 2 amide bonds. The SMILES string of the molecule is CC(C)(C)[C@H](c1nc(-c2ccccc2)cn1Cc1ccccc1)N(CCCN)C(=O)N1CC[C@@H](O)C1. The van der Waals surface area contributed by atoms with Crippen LogP contribution in [0.5, 0.6) is 0 Å². The van der Waals surface area contributed by atoms with E-state index >= 15 is 0 Å². The molecule has 0 unspecified atom stereocenters. The Labute approximate surface area is 214 Å². The maximum absolute atomic E-state index is 13.9. The van der Waals surface area contributed by atoms with Crippen LogP contribution in [0.3, 0.4) is 0 Å². The third-order valence-electron chi connectivity index (χ3n) is 6.73. The van der Waals surface area contributed by atoms with Gasteiger partial charge < -0.3 is 25.2 Å². The van der Waals surface area contributed by atoms with Gasteiger partial charge in [-0.2, -0.15) is 0 Å². The van der Waals surface area contributed by atoms with Gasteiger partial charge in [-0.25, -0.2) is 9.78 Å². The number of likely N-dealkylation sites (tertiary alicyclic amines) is 1. The highest BCUT2D eigenvalue weighted by Gasteiger charge is 2.40. The first-order valence-electron chi connectivity index (χ1n) is 12.9. The van der Waals surface area contributed by atoms with E-state index in [1.165, 1.54) is 5.56 Å². The van der Waals surface area contributed by atoms with Crippen LogP contribution >= 0.6 is 0 Å². The van der Waals surface area contributed by atoms with Gasteiger partial charge in [0.25, 0.3) is 0 Å². The average molecular weight is 490 g/mol. The minimum Gasteiger partial charge on any atom is -0.391 e. The molecule has 2 aromatic carbocycles. The summed E-state index contributed by atoms with van der Waals surface area (Å²) in [5.41, 5.74) is 8.71. The Bertz CT molecular complexity index is 1120. The summed E-state index contributed by atoms with van der Waals surface area (Å²) in [7, 11) is 0. The fraction of sp³-hybridized carbons (Fsp3) is 0.448. The lowest BCUT2D eigenvalue weighted by molar-refractivity contribution is 0.0841. The summed E-state index contributed by atoms with van der Waals surface area (Å²) in [6.45, 7) is 9.07. The molecule has 0 aliphatic carbocycles. The molecule has 0 bridgehead atoms. The van der Waals surface area contributed by atoms with Gasteiger partial charge in [0.1, 0.15) is 5.82 Å². The number of nitrogens with zero attached hydrogens (tertiary/aromatic N) is 4. The molecule has 36 heavy (non-hydrogen) atoms. The Balaban J connectivity index is 1.81. The maximum atomic E-state index is 13.9. The third kappa shape index (κ3) is 5.97. The van der Waals surface area contributed by atoms with Crippen LogP contribution in [0.15, 0.2) is 66.9 Å². The molecule has 192 valence electrons. The number of carbonyl (C=O) groups excluding carboxylic acids is 1. The molecule has 1 aromatic heterocycles. The van der Waals surface area contributed by atoms with Crippen molar-refractivity contribution in [3.8, 4) is 11.3 Å². The van der Waals surface area contributed by atoms with Crippen molar-refractivity contribution in [3.63, 3.8) is 0 Å².